The molecule has 3 heteroatoms. The fourth-order valence-electron chi connectivity index (χ4n) is 2.33. The van der Waals surface area contributed by atoms with E-state index in [9.17, 15) is 0 Å². The zero-order valence-corrected chi connectivity index (χ0v) is 10.0. The molecule has 15 heavy (non-hydrogen) atoms. The Morgan fingerprint density at radius 1 is 1.07 bits per heavy atom. The molecule has 0 aromatic heterocycles. The van der Waals surface area contributed by atoms with Crippen molar-refractivity contribution in [3.63, 3.8) is 0 Å². The first-order valence-electron chi connectivity index (χ1n) is 5.39. The molecule has 0 radical (unpaired) electrons. The topological polar surface area (TPSA) is 18.5 Å². The third-order valence-electron chi connectivity index (χ3n) is 3.09. The van der Waals surface area contributed by atoms with E-state index in [4.69, 9.17) is 9.47 Å². The van der Waals surface area contributed by atoms with Crippen molar-refractivity contribution in [3.8, 4) is 0 Å². The molecule has 80 valence electrons. The van der Waals surface area contributed by atoms with Gasteiger partial charge in [0.05, 0.1) is 13.2 Å². The maximum Gasteiger partial charge on any atom is 0.185 e. The van der Waals surface area contributed by atoms with Crippen LogP contribution in [0, 0.1) is 0 Å². The number of aryl methyl sites for hydroxylation is 2. The quantitative estimate of drug-likeness (QED) is 0.780. The van der Waals surface area contributed by atoms with Gasteiger partial charge in [-0.2, -0.15) is 0 Å². The number of rotatable bonds is 1. The Balaban J connectivity index is 2.00. The molecule has 1 saturated heterocycles. The minimum atomic E-state index is -0.162. The van der Waals surface area contributed by atoms with Crippen LogP contribution in [0.25, 0.3) is 0 Å². The number of hydrogen-bond acceptors (Lipinski definition) is 2. The van der Waals surface area contributed by atoms with Gasteiger partial charge in [-0.25, -0.2) is 0 Å². The molecule has 2 nitrogen and oxygen atoms in total. The summed E-state index contributed by atoms with van der Waals surface area (Å²) in [6.45, 7) is 1.41. The van der Waals surface area contributed by atoms with Gasteiger partial charge in [0.2, 0.25) is 0 Å². The molecule has 1 aliphatic heterocycles. The number of benzene rings is 1. The van der Waals surface area contributed by atoms with Crippen LogP contribution in [0.3, 0.4) is 0 Å². The maximum absolute atomic E-state index is 5.53. The highest BCUT2D eigenvalue weighted by Crippen LogP contribution is 2.34. The molecule has 0 atom stereocenters. The summed E-state index contributed by atoms with van der Waals surface area (Å²) >= 11 is 3.60. The first-order chi connectivity index (χ1) is 7.34. The molecular formula is C12H13BrO2. The summed E-state index contributed by atoms with van der Waals surface area (Å²) in [5.41, 5.74) is 4.09. The van der Waals surface area contributed by atoms with E-state index in [-0.39, 0.29) is 6.29 Å². The van der Waals surface area contributed by atoms with E-state index < -0.39 is 0 Å². The molecule has 0 spiro atoms. The lowest BCUT2D eigenvalue weighted by atomic mass is 10.1. The fraction of sp³-hybridized carbons (Fsp3) is 0.500. The van der Waals surface area contributed by atoms with Gasteiger partial charge >= 0.3 is 0 Å². The largest absolute Gasteiger partial charge is 0.346 e. The van der Waals surface area contributed by atoms with Gasteiger partial charge in [0, 0.05) is 10.0 Å². The summed E-state index contributed by atoms with van der Waals surface area (Å²) in [6, 6.07) is 4.46. The van der Waals surface area contributed by atoms with E-state index in [0.29, 0.717) is 13.2 Å². The third-order valence-corrected chi connectivity index (χ3v) is 3.77. The van der Waals surface area contributed by atoms with Crippen molar-refractivity contribution >= 4 is 15.9 Å². The molecule has 0 saturated carbocycles. The highest BCUT2D eigenvalue weighted by molar-refractivity contribution is 9.10. The molecule has 0 amide bonds. The molecule has 1 aliphatic carbocycles. The zero-order valence-electron chi connectivity index (χ0n) is 8.46. The van der Waals surface area contributed by atoms with Crippen LogP contribution in [0.5, 0.6) is 0 Å². The Kier molecular flexibility index (Phi) is 2.54. The van der Waals surface area contributed by atoms with Gasteiger partial charge in [-0.3, -0.25) is 0 Å². The van der Waals surface area contributed by atoms with Crippen LogP contribution in [-0.4, -0.2) is 13.2 Å². The van der Waals surface area contributed by atoms with Crippen LogP contribution >= 0.6 is 15.9 Å². The minimum Gasteiger partial charge on any atom is -0.346 e. The van der Waals surface area contributed by atoms with E-state index in [0.717, 1.165) is 10.0 Å². The minimum absolute atomic E-state index is 0.162. The van der Waals surface area contributed by atoms with Gasteiger partial charge in [0.25, 0.3) is 0 Å². The van der Waals surface area contributed by atoms with E-state index >= 15 is 0 Å². The van der Waals surface area contributed by atoms with Crippen LogP contribution in [0.1, 0.15) is 29.4 Å². The summed E-state index contributed by atoms with van der Waals surface area (Å²) in [5, 5.41) is 0. The SMILES string of the molecule is Brc1cc2c(cc1C1OCCO1)CCC2. The van der Waals surface area contributed by atoms with Crippen LogP contribution in [0.15, 0.2) is 16.6 Å². The first kappa shape index (κ1) is 9.82. The molecule has 3 rings (SSSR count). The number of halogens is 1. The Hall–Kier alpha value is -0.380. The van der Waals surface area contributed by atoms with Crippen molar-refractivity contribution in [3.05, 3.63) is 33.3 Å². The average molecular weight is 269 g/mol. The van der Waals surface area contributed by atoms with Gasteiger partial charge in [0.15, 0.2) is 6.29 Å². The second-order valence-electron chi connectivity index (χ2n) is 4.07. The van der Waals surface area contributed by atoms with E-state index in [1.165, 1.54) is 30.4 Å². The van der Waals surface area contributed by atoms with E-state index in [1.54, 1.807) is 0 Å². The van der Waals surface area contributed by atoms with Gasteiger partial charge in [-0.1, -0.05) is 15.9 Å². The van der Waals surface area contributed by atoms with E-state index in [1.807, 2.05) is 0 Å². The van der Waals surface area contributed by atoms with Crippen molar-refractivity contribution in [1.82, 2.24) is 0 Å². The highest BCUT2D eigenvalue weighted by Gasteiger charge is 2.23. The standard InChI is InChI=1S/C12H13BrO2/c13-11-7-9-3-1-2-8(9)6-10(11)12-14-4-5-15-12/h6-7,12H,1-5H2. The molecule has 1 heterocycles. The van der Waals surface area contributed by atoms with Crippen molar-refractivity contribution in [1.29, 1.82) is 0 Å². The van der Waals surface area contributed by atoms with Gasteiger partial charge in [-0.15, -0.1) is 0 Å². The lowest BCUT2D eigenvalue weighted by molar-refractivity contribution is -0.0446. The molecule has 0 N–H and O–H groups in total. The Morgan fingerprint density at radius 3 is 2.47 bits per heavy atom. The lowest BCUT2D eigenvalue weighted by Gasteiger charge is -2.13. The summed E-state index contributed by atoms with van der Waals surface area (Å²) in [6.07, 6.45) is 3.52. The maximum atomic E-state index is 5.53. The number of fused-ring (bicyclic) bond motifs is 1. The molecule has 0 unspecified atom stereocenters. The van der Waals surface area contributed by atoms with Crippen molar-refractivity contribution in [2.45, 2.75) is 25.6 Å². The summed E-state index contributed by atoms with van der Waals surface area (Å²) in [5.74, 6) is 0. The fourth-order valence-corrected chi connectivity index (χ4v) is 2.91. The monoisotopic (exact) mass is 268 g/mol. The molecule has 2 aliphatic rings. The summed E-state index contributed by atoms with van der Waals surface area (Å²) in [7, 11) is 0. The molecule has 0 bridgehead atoms. The predicted octanol–water partition coefficient (Wildman–Crippen LogP) is 2.98. The van der Waals surface area contributed by atoms with Crippen LogP contribution in [0.2, 0.25) is 0 Å². The third kappa shape index (κ3) is 1.73. The average Bonchev–Trinajstić information content (AvgIpc) is 2.85. The van der Waals surface area contributed by atoms with Gasteiger partial charge in [0.1, 0.15) is 0 Å². The van der Waals surface area contributed by atoms with Gasteiger partial charge < -0.3 is 9.47 Å². The highest BCUT2D eigenvalue weighted by atomic mass is 79.9. The first-order valence-corrected chi connectivity index (χ1v) is 6.18. The van der Waals surface area contributed by atoms with Gasteiger partial charge in [-0.05, 0) is 42.5 Å². The Labute approximate surface area is 97.7 Å². The van der Waals surface area contributed by atoms with Crippen molar-refractivity contribution < 1.29 is 9.47 Å². The summed E-state index contributed by atoms with van der Waals surface area (Å²) < 4.78 is 12.2. The van der Waals surface area contributed by atoms with Crippen LogP contribution in [-0.2, 0) is 22.3 Å². The second kappa shape index (κ2) is 3.89. The number of ether oxygens (including phenoxy) is 2. The van der Waals surface area contributed by atoms with Crippen molar-refractivity contribution in [2.24, 2.45) is 0 Å². The molecule has 1 aromatic rings. The normalized spacial score (nSPS) is 20.9. The second-order valence-corrected chi connectivity index (χ2v) is 4.92. The molecule has 1 aromatic carbocycles. The number of hydrogen-bond donors (Lipinski definition) is 0. The predicted molar refractivity (Wildman–Crippen MR) is 60.8 cm³/mol. The van der Waals surface area contributed by atoms with E-state index in [2.05, 4.69) is 28.1 Å². The smallest absolute Gasteiger partial charge is 0.185 e. The van der Waals surface area contributed by atoms with Crippen molar-refractivity contribution in [2.75, 3.05) is 13.2 Å². The van der Waals surface area contributed by atoms with Crippen LogP contribution in [0.4, 0.5) is 0 Å². The molecular weight excluding hydrogens is 256 g/mol. The molecule has 1 fully saturated rings. The van der Waals surface area contributed by atoms with Crippen LogP contribution < -0.4 is 0 Å². The summed E-state index contributed by atoms with van der Waals surface area (Å²) in [4.78, 5) is 0. The zero-order chi connectivity index (χ0) is 10.3. The lowest BCUT2D eigenvalue weighted by Crippen LogP contribution is -2.00. The Morgan fingerprint density at radius 2 is 1.73 bits per heavy atom. The Bertz CT molecular complexity index is 383.